The third kappa shape index (κ3) is 2.88. The normalized spacial score (nSPS) is 20.4. The molecule has 0 aromatic heterocycles. The molecule has 3 rings (SSSR count). The topological polar surface area (TPSA) is 41.1 Å². The van der Waals surface area contributed by atoms with Crippen LogP contribution >= 0.6 is 0 Å². The third-order valence-electron chi connectivity index (χ3n) is 4.82. The SMILES string of the molecule is C[C@H](NC(=O)c1ccc2c(c1)CNCC2)C1CCCC1. The third-order valence-corrected chi connectivity index (χ3v) is 4.82. The lowest BCUT2D eigenvalue weighted by atomic mass is 9.97. The molecule has 1 aliphatic carbocycles. The Bertz CT molecular complexity index is 492. The Morgan fingerprint density at radius 3 is 2.90 bits per heavy atom. The first-order valence-electron chi connectivity index (χ1n) is 7.87. The van der Waals surface area contributed by atoms with E-state index in [0.717, 1.165) is 25.1 Å². The lowest BCUT2D eigenvalue weighted by Crippen LogP contribution is -2.37. The highest BCUT2D eigenvalue weighted by atomic mass is 16.1. The summed E-state index contributed by atoms with van der Waals surface area (Å²) < 4.78 is 0. The van der Waals surface area contributed by atoms with E-state index in [2.05, 4.69) is 29.7 Å². The van der Waals surface area contributed by atoms with Crippen LogP contribution in [0.2, 0.25) is 0 Å². The zero-order valence-corrected chi connectivity index (χ0v) is 12.2. The number of hydrogen-bond donors (Lipinski definition) is 2. The summed E-state index contributed by atoms with van der Waals surface area (Å²) in [6.45, 7) is 4.07. The first-order valence-corrected chi connectivity index (χ1v) is 7.87. The molecule has 0 bridgehead atoms. The molecule has 1 aliphatic heterocycles. The summed E-state index contributed by atoms with van der Waals surface area (Å²) in [4.78, 5) is 12.4. The molecule has 2 N–H and O–H groups in total. The van der Waals surface area contributed by atoms with E-state index < -0.39 is 0 Å². The van der Waals surface area contributed by atoms with Crippen molar-refractivity contribution in [3.05, 3.63) is 34.9 Å². The van der Waals surface area contributed by atoms with Crippen molar-refractivity contribution in [2.75, 3.05) is 6.54 Å². The average molecular weight is 272 g/mol. The molecule has 3 heteroatoms. The number of fused-ring (bicyclic) bond motifs is 1. The highest BCUT2D eigenvalue weighted by molar-refractivity contribution is 5.94. The van der Waals surface area contributed by atoms with Crippen LogP contribution in [0.3, 0.4) is 0 Å². The highest BCUT2D eigenvalue weighted by Gasteiger charge is 2.23. The Hall–Kier alpha value is -1.35. The van der Waals surface area contributed by atoms with Gasteiger partial charge in [0.1, 0.15) is 0 Å². The zero-order chi connectivity index (χ0) is 13.9. The van der Waals surface area contributed by atoms with Crippen molar-refractivity contribution in [1.29, 1.82) is 0 Å². The van der Waals surface area contributed by atoms with Crippen LogP contribution in [0.5, 0.6) is 0 Å². The maximum Gasteiger partial charge on any atom is 0.251 e. The molecule has 0 radical (unpaired) electrons. The van der Waals surface area contributed by atoms with Gasteiger partial charge in [0.2, 0.25) is 0 Å². The van der Waals surface area contributed by atoms with Gasteiger partial charge in [-0.1, -0.05) is 18.9 Å². The number of carbonyl (C=O) groups excluding carboxylic acids is 1. The monoisotopic (exact) mass is 272 g/mol. The number of rotatable bonds is 3. The fourth-order valence-corrected chi connectivity index (χ4v) is 3.49. The van der Waals surface area contributed by atoms with Gasteiger partial charge in [-0.3, -0.25) is 4.79 Å². The predicted octanol–water partition coefficient (Wildman–Crippen LogP) is 2.64. The molecule has 1 fully saturated rings. The average Bonchev–Trinajstić information content (AvgIpc) is 3.01. The van der Waals surface area contributed by atoms with Crippen LogP contribution in [-0.4, -0.2) is 18.5 Å². The molecule has 1 aromatic carbocycles. The Labute approximate surface area is 121 Å². The summed E-state index contributed by atoms with van der Waals surface area (Å²) >= 11 is 0. The van der Waals surface area contributed by atoms with Crippen LogP contribution in [0, 0.1) is 5.92 Å². The van der Waals surface area contributed by atoms with E-state index in [9.17, 15) is 4.79 Å². The van der Waals surface area contributed by atoms with Crippen LogP contribution in [0.15, 0.2) is 18.2 Å². The molecule has 1 atom stereocenters. The van der Waals surface area contributed by atoms with Crippen LogP contribution in [0.25, 0.3) is 0 Å². The van der Waals surface area contributed by atoms with E-state index in [1.165, 1.54) is 36.8 Å². The van der Waals surface area contributed by atoms with E-state index in [0.29, 0.717) is 12.0 Å². The highest BCUT2D eigenvalue weighted by Crippen LogP contribution is 2.27. The van der Waals surface area contributed by atoms with Gasteiger partial charge in [-0.25, -0.2) is 0 Å². The van der Waals surface area contributed by atoms with Gasteiger partial charge in [0.15, 0.2) is 0 Å². The van der Waals surface area contributed by atoms with Crippen LogP contribution in [-0.2, 0) is 13.0 Å². The van der Waals surface area contributed by atoms with Gasteiger partial charge in [-0.05, 0) is 61.9 Å². The molecule has 0 unspecified atom stereocenters. The molecule has 1 saturated carbocycles. The fraction of sp³-hybridized carbons (Fsp3) is 0.588. The summed E-state index contributed by atoms with van der Waals surface area (Å²) in [5, 5.41) is 6.55. The molecule has 0 saturated heterocycles. The van der Waals surface area contributed by atoms with Gasteiger partial charge >= 0.3 is 0 Å². The van der Waals surface area contributed by atoms with Gasteiger partial charge in [0, 0.05) is 18.2 Å². The van der Waals surface area contributed by atoms with Crippen molar-refractivity contribution in [3.63, 3.8) is 0 Å². The Balaban J connectivity index is 1.67. The summed E-state index contributed by atoms with van der Waals surface area (Å²) in [5.41, 5.74) is 3.46. The number of amides is 1. The predicted molar refractivity (Wildman–Crippen MR) is 80.7 cm³/mol. The van der Waals surface area contributed by atoms with Gasteiger partial charge in [-0.2, -0.15) is 0 Å². The molecule has 1 heterocycles. The maximum absolute atomic E-state index is 12.4. The second-order valence-electron chi connectivity index (χ2n) is 6.22. The van der Waals surface area contributed by atoms with Crippen LogP contribution < -0.4 is 10.6 Å². The van der Waals surface area contributed by atoms with Crippen LogP contribution in [0.4, 0.5) is 0 Å². The summed E-state index contributed by atoms with van der Waals surface area (Å²) in [7, 11) is 0. The second kappa shape index (κ2) is 5.96. The lowest BCUT2D eigenvalue weighted by Gasteiger charge is -2.21. The van der Waals surface area contributed by atoms with Crippen LogP contribution in [0.1, 0.15) is 54.1 Å². The number of hydrogen-bond acceptors (Lipinski definition) is 2. The Kier molecular flexibility index (Phi) is 4.06. The summed E-state index contributed by atoms with van der Waals surface area (Å²) in [5.74, 6) is 0.746. The molecule has 1 amide bonds. The van der Waals surface area contributed by atoms with Crippen molar-refractivity contribution in [2.24, 2.45) is 5.92 Å². The maximum atomic E-state index is 12.4. The lowest BCUT2D eigenvalue weighted by molar-refractivity contribution is 0.0927. The van der Waals surface area contributed by atoms with Gasteiger partial charge < -0.3 is 10.6 Å². The van der Waals surface area contributed by atoms with Crippen molar-refractivity contribution in [2.45, 2.75) is 51.6 Å². The number of carbonyl (C=O) groups is 1. The van der Waals surface area contributed by atoms with E-state index in [1.807, 2.05) is 6.07 Å². The van der Waals surface area contributed by atoms with Gasteiger partial charge in [-0.15, -0.1) is 0 Å². The molecular weight excluding hydrogens is 248 g/mol. The standard InChI is InChI=1S/C17H24N2O/c1-12(13-4-2-3-5-13)19-17(20)15-7-6-14-8-9-18-11-16(14)10-15/h6-7,10,12-13,18H,2-5,8-9,11H2,1H3,(H,19,20)/t12-/m0/s1. The summed E-state index contributed by atoms with van der Waals surface area (Å²) in [6, 6.07) is 6.43. The first kappa shape index (κ1) is 13.6. The number of nitrogens with one attached hydrogen (secondary N) is 2. The van der Waals surface area contributed by atoms with E-state index in [4.69, 9.17) is 0 Å². The molecule has 1 aromatic rings. The largest absolute Gasteiger partial charge is 0.349 e. The van der Waals surface area contributed by atoms with Crippen molar-refractivity contribution < 1.29 is 4.79 Å². The van der Waals surface area contributed by atoms with Crippen molar-refractivity contribution >= 4 is 5.91 Å². The minimum absolute atomic E-state index is 0.0813. The fourth-order valence-electron chi connectivity index (χ4n) is 3.49. The van der Waals surface area contributed by atoms with E-state index in [-0.39, 0.29) is 5.91 Å². The second-order valence-corrected chi connectivity index (χ2v) is 6.22. The van der Waals surface area contributed by atoms with Gasteiger partial charge in [0.25, 0.3) is 5.91 Å². The number of benzene rings is 1. The van der Waals surface area contributed by atoms with E-state index in [1.54, 1.807) is 0 Å². The first-order chi connectivity index (χ1) is 9.74. The minimum Gasteiger partial charge on any atom is -0.349 e. The van der Waals surface area contributed by atoms with Crippen molar-refractivity contribution in [3.8, 4) is 0 Å². The zero-order valence-electron chi connectivity index (χ0n) is 12.2. The summed E-state index contributed by atoms with van der Waals surface area (Å²) in [6.07, 6.45) is 6.21. The quantitative estimate of drug-likeness (QED) is 0.888. The molecule has 20 heavy (non-hydrogen) atoms. The molecule has 2 aliphatic rings. The van der Waals surface area contributed by atoms with Crippen molar-refractivity contribution in [1.82, 2.24) is 10.6 Å². The molecular formula is C17H24N2O. The van der Waals surface area contributed by atoms with Gasteiger partial charge in [0.05, 0.1) is 0 Å². The molecule has 0 spiro atoms. The molecule has 108 valence electrons. The molecule has 3 nitrogen and oxygen atoms in total. The Morgan fingerprint density at radius 2 is 2.10 bits per heavy atom. The minimum atomic E-state index is 0.0813. The smallest absolute Gasteiger partial charge is 0.251 e. The van der Waals surface area contributed by atoms with E-state index >= 15 is 0 Å². The Morgan fingerprint density at radius 1 is 1.30 bits per heavy atom.